The third-order valence-corrected chi connectivity index (χ3v) is 6.75. The zero-order valence-electron chi connectivity index (χ0n) is 16.6. The molecule has 0 radical (unpaired) electrons. The number of fused-ring (bicyclic) bond motifs is 3. The second-order valence-electron chi connectivity index (χ2n) is 8.61. The van der Waals surface area contributed by atoms with Gasteiger partial charge in [-0.1, -0.05) is 26.2 Å². The van der Waals surface area contributed by atoms with E-state index in [4.69, 9.17) is 4.74 Å². The zero-order valence-corrected chi connectivity index (χ0v) is 16.6. The molecule has 6 nitrogen and oxygen atoms in total. The predicted octanol–water partition coefficient (Wildman–Crippen LogP) is 2.32. The predicted molar refractivity (Wildman–Crippen MR) is 103 cm³/mol. The number of rotatable bonds is 4. The molecule has 0 aromatic heterocycles. The number of carbonyl (C=O) groups is 2. The molecule has 4 aliphatic rings. The number of hydrogen-bond donors (Lipinski definition) is 1. The van der Waals surface area contributed by atoms with Gasteiger partial charge < -0.3 is 19.9 Å². The van der Waals surface area contributed by atoms with Crippen LogP contribution in [0.15, 0.2) is 24.1 Å². The van der Waals surface area contributed by atoms with Gasteiger partial charge in [-0.05, 0) is 45.3 Å². The fraction of sp³-hybridized carbons (Fsp3) is 0.714. The van der Waals surface area contributed by atoms with Crippen LogP contribution in [0, 0.1) is 0 Å². The smallest absolute Gasteiger partial charge is 0.271 e. The molecule has 2 fully saturated rings. The highest BCUT2D eigenvalue weighted by atomic mass is 16.5. The Balaban J connectivity index is 1.63. The molecule has 1 saturated heterocycles. The Labute approximate surface area is 161 Å². The first-order chi connectivity index (χ1) is 13.0. The summed E-state index contributed by atoms with van der Waals surface area (Å²) in [4.78, 5) is 30.7. The van der Waals surface area contributed by atoms with E-state index in [9.17, 15) is 9.59 Å². The largest absolute Gasteiger partial charge is 0.492 e. The molecule has 1 saturated carbocycles. The van der Waals surface area contributed by atoms with Crippen LogP contribution in [0.1, 0.15) is 59.3 Å². The Hall–Kier alpha value is -1.98. The summed E-state index contributed by atoms with van der Waals surface area (Å²) in [5.41, 5.74) is -0.204. The van der Waals surface area contributed by atoms with Crippen molar-refractivity contribution in [3.8, 4) is 0 Å². The van der Waals surface area contributed by atoms with Gasteiger partial charge in [0.25, 0.3) is 5.91 Å². The van der Waals surface area contributed by atoms with E-state index in [0.717, 1.165) is 19.3 Å². The van der Waals surface area contributed by atoms with Gasteiger partial charge in [0.15, 0.2) is 0 Å². The molecule has 3 heterocycles. The van der Waals surface area contributed by atoms with Crippen molar-refractivity contribution in [1.29, 1.82) is 0 Å². The van der Waals surface area contributed by atoms with Crippen LogP contribution in [0.5, 0.6) is 0 Å². The molecular weight excluding hydrogens is 342 g/mol. The van der Waals surface area contributed by atoms with Gasteiger partial charge >= 0.3 is 0 Å². The minimum Gasteiger partial charge on any atom is -0.492 e. The molecule has 0 aromatic carbocycles. The fourth-order valence-corrected chi connectivity index (χ4v) is 5.02. The van der Waals surface area contributed by atoms with Gasteiger partial charge in [0, 0.05) is 12.1 Å². The molecule has 1 aliphatic carbocycles. The van der Waals surface area contributed by atoms with Crippen molar-refractivity contribution >= 4 is 11.8 Å². The number of hydrogen-bond acceptors (Lipinski definition) is 4. The lowest BCUT2D eigenvalue weighted by atomic mass is 9.89. The van der Waals surface area contributed by atoms with E-state index in [1.807, 2.05) is 30.9 Å². The van der Waals surface area contributed by atoms with Crippen LogP contribution in [-0.2, 0) is 14.3 Å². The SMILES string of the molecule is CCC(C)N1C(=O)C2=CC3OC=CC3N2CC1(C)C(=O)NC1CCCCC1. The summed E-state index contributed by atoms with van der Waals surface area (Å²) in [5, 5.41) is 3.27. The van der Waals surface area contributed by atoms with Gasteiger partial charge in [0.05, 0.1) is 18.8 Å². The molecule has 27 heavy (non-hydrogen) atoms. The van der Waals surface area contributed by atoms with Crippen molar-refractivity contribution in [1.82, 2.24) is 15.1 Å². The van der Waals surface area contributed by atoms with Gasteiger partial charge in [-0.2, -0.15) is 0 Å². The van der Waals surface area contributed by atoms with Crippen molar-refractivity contribution < 1.29 is 14.3 Å². The Morgan fingerprint density at radius 3 is 2.81 bits per heavy atom. The Morgan fingerprint density at radius 2 is 2.11 bits per heavy atom. The van der Waals surface area contributed by atoms with Crippen molar-refractivity contribution in [2.75, 3.05) is 6.54 Å². The van der Waals surface area contributed by atoms with E-state index < -0.39 is 5.54 Å². The fourth-order valence-electron chi connectivity index (χ4n) is 5.02. The lowest BCUT2D eigenvalue weighted by Gasteiger charge is -2.51. The maximum absolute atomic E-state index is 13.4. The average Bonchev–Trinajstić information content (AvgIpc) is 3.24. The quantitative estimate of drug-likeness (QED) is 0.822. The molecule has 3 aliphatic heterocycles. The zero-order chi connectivity index (χ0) is 19.2. The second-order valence-corrected chi connectivity index (χ2v) is 8.61. The summed E-state index contributed by atoms with van der Waals surface area (Å²) >= 11 is 0. The lowest BCUT2D eigenvalue weighted by Crippen LogP contribution is -2.71. The molecule has 148 valence electrons. The van der Waals surface area contributed by atoms with E-state index >= 15 is 0 Å². The highest BCUT2D eigenvalue weighted by Crippen LogP contribution is 2.39. The third kappa shape index (κ3) is 2.93. The first-order valence-electron chi connectivity index (χ1n) is 10.4. The molecule has 4 atom stereocenters. The number of amides is 2. The minimum absolute atomic E-state index is 0.000410. The molecule has 6 heteroatoms. The van der Waals surface area contributed by atoms with Gasteiger partial charge in [0.1, 0.15) is 17.3 Å². The summed E-state index contributed by atoms with van der Waals surface area (Å²) in [6.45, 7) is 6.53. The third-order valence-electron chi connectivity index (χ3n) is 6.75. The summed E-state index contributed by atoms with van der Waals surface area (Å²) in [6.07, 6.45) is 12.0. The number of carbonyl (C=O) groups excluding carboxylic acids is 2. The number of piperazine rings is 1. The van der Waals surface area contributed by atoms with E-state index in [1.54, 1.807) is 6.26 Å². The standard InChI is InChI=1S/C21H31N3O3/c1-4-14(2)24-19(25)17-12-18-16(10-11-27-18)23(17)13-21(24,3)20(26)22-15-8-6-5-7-9-15/h10-12,14-16,18H,4-9,13H2,1-3H3,(H,22,26). The average molecular weight is 373 g/mol. The van der Waals surface area contributed by atoms with Crippen LogP contribution < -0.4 is 5.32 Å². The Morgan fingerprint density at radius 1 is 1.37 bits per heavy atom. The van der Waals surface area contributed by atoms with Gasteiger partial charge in [0.2, 0.25) is 5.91 Å². The topological polar surface area (TPSA) is 61.9 Å². The van der Waals surface area contributed by atoms with Crippen molar-refractivity contribution in [3.63, 3.8) is 0 Å². The van der Waals surface area contributed by atoms with Crippen LogP contribution in [0.3, 0.4) is 0 Å². The molecule has 4 rings (SSSR count). The van der Waals surface area contributed by atoms with Crippen LogP contribution in [0.4, 0.5) is 0 Å². The lowest BCUT2D eigenvalue weighted by molar-refractivity contribution is -0.155. The molecule has 2 amide bonds. The molecule has 4 unspecified atom stereocenters. The van der Waals surface area contributed by atoms with Crippen molar-refractivity contribution in [2.45, 2.75) is 89.1 Å². The van der Waals surface area contributed by atoms with Crippen molar-refractivity contribution in [3.05, 3.63) is 24.1 Å². The number of nitrogens with zero attached hydrogens (tertiary/aromatic N) is 2. The normalized spacial score (nSPS) is 34.0. The Bertz CT molecular complexity index is 682. The second kappa shape index (κ2) is 6.88. The Kier molecular flexibility index (Phi) is 4.68. The number of nitrogens with one attached hydrogen (secondary N) is 1. The van der Waals surface area contributed by atoms with Crippen LogP contribution in [0.25, 0.3) is 0 Å². The molecule has 0 bridgehead atoms. The summed E-state index contributed by atoms with van der Waals surface area (Å²) in [5.74, 6) is -0.0725. The summed E-state index contributed by atoms with van der Waals surface area (Å²) in [7, 11) is 0. The molecule has 0 spiro atoms. The highest BCUT2D eigenvalue weighted by molar-refractivity contribution is 6.01. The molecule has 1 N–H and O–H groups in total. The summed E-state index contributed by atoms with van der Waals surface area (Å²) < 4.78 is 5.62. The van der Waals surface area contributed by atoms with E-state index in [-0.39, 0.29) is 36.0 Å². The maximum atomic E-state index is 13.4. The minimum atomic E-state index is -0.882. The van der Waals surface area contributed by atoms with Crippen LogP contribution in [0.2, 0.25) is 0 Å². The van der Waals surface area contributed by atoms with Crippen LogP contribution in [-0.4, -0.2) is 57.9 Å². The van der Waals surface area contributed by atoms with Gasteiger partial charge in [-0.25, -0.2) is 0 Å². The summed E-state index contributed by atoms with van der Waals surface area (Å²) in [6, 6.07) is 0.249. The van der Waals surface area contributed by atoms with E-state index in [1.165, 1.54) is 19.3 Å². The van der Waals surface area contributed by atoms with Gasteiger partial charge in [-0.3, -0.25) is 9.59 Å². The van der Waals surface area contributed by atoms with Crippen molar-refractivity contribution in [2.24, 2.45) is 0 Å². The monoisotopic (exact) mass is 373 g/mol. The number of ether oxygens (including phenoxy) is 1. The maximum Gasteiger partial charge on any atom is 0.271 e. The van der Waals surface area contributed by atoms with Crippen LogP contribution >= 0.6 is 0 Å². The highest BCUT2D eigenvalue weighted by Gasteiger charge is 2.55. The first-order valence-corrected chi connectivity index (χ1v) is 10.4. The molecule has 0 aromatic rings. The van der Waals surface area contributed by atoms with E-state index in [0.29, 0.717) is 12.2 Å². The van der Waals surface area contributed by atoms with E-state index in [2.05, 4.69) is 17.1 Å². The first kappa shape index (κ1) is 18.4. The molecular formula is C21H31N3O3. The van der Waals surface area contributed by atoms with Gasteiger partial charge in [-0.15, -0.1) is 0 Å².